The van der Waals surface area contributed by atoms with E-state index in [9.17, 15) is 9.36 Å². The van der Waals surface area contributed by atoms with Crippen LogP contribution in [0.2, 0.25) is 0 Å². The molecule has 5 heteroatoms. The molecular formula is C10H14NO3P. The van der Waals surface area contributed by atoms with E-state index in [0.717, 1.165) is 0 Å². The van der Waals surface area contributed by atoms with E-state index in [4.69, 9.17) is 10.8 Å². The number of hydrogen-bond acceptors (Lipinski definition) is 3. The number of nitrogen functional groups attached to an aromatic ring is 1. The first kappa shape index (κ1) is 11.8. The van der Waals surface area contributed by atoms with E-state index in [1.807, 2.05) is 0 Å². The highest BCUT2D eigenvalue weighted by Gasteiger charge is 2.15. The van der Waals surface area contributed by atoms with Gasteiger partial charge < -0.3 is 15.4 Å². The zero-order chi connectivity index (χ0) is 11.6. The maximum Gasteiger partial charge on any atom is 0.307 e. The van der Waals surface area contributed by atoms with Crippen molar-refractivity contribution in [3.05, 3.63) is 23.8 Å². The summed E-state index contributed by atoms with van der Waals surface area (Å²) in [6, 6.07) is 4.86. The van der Waals surface area contributed by atoms with Crippen LogP contribution in [0.1, 0.15) is 5.56 Å². The molecule has 3 N–H and O–H groups in total. The molecule has 15 heavy (non-hydrogen) atoms. The fourth-order valence-corrected chi connectivity index (χ4v) is 2.51. The Morgan fingerprint density at radius 2 is 2.07 bits per heavy atom. The predicted molar refractivity (Wildman–Crippen MR) is 61.3 cm³/mol. The van der Waals surface area contributed by atoms with Crippen LogP contribution >= 0.6 is 7.14 Å². The molecule has 1 aromatic carbocycles. The minimum Gasteiger partial charge on any atom is -0.481 e. The molecule has 1 aromatic rings. The van der Waals surface area contributed by atoms with E-state index in [1.54, 1.807) is 31.5 Å². The fraction of sp³-hybridized carbons (Fsp3) is 0.300. The Labute approximate surface area is 88.5 Å². The van der Waals surface area contributed by atoms with E-state index in [-0.39, 0.29) is 6.42 Å². The number of hydrogen-bond donors (Lipinski definition) is 2. The van der Waals surface area contributed by atoms with Crippen LogP contribution in [0.5, 0.6) is 0 Å². The Bertz CT molecular complexity index is 436. The second-order valence-corrected chi connectivity index (χ2v) is 7.00. The predicted octanol–water partition coefficient (Wildman–Crippen LogP) is 1.14. The summed E-state index contributed by atoms with van der Waals surface area (Å²) in [6.45, 7) is 3.23. The van der Waals surface area contributed by atoms with Crippen LogP contribution < -0.4 is 11.0 Å². The van der Waals surface area contributed by atoms with Gasteiger partial charge in [-0.2, -0.15) is 0 Å². The van der Waals surface area contributed by atoms with Crippen molar-refractivity contribution in [2.24, 2.45) is 0 Å². The highest BCUT2D eigenvalue weighted by atomic mass is 31.2. The zero-order valence-electron chi connectivity index (χ0n) is 8.73. The molecule has 0 unspecified atom stereocenters. The molecule has 0 amide bonds. The van der Waals surface area contributed by atoms with Gasteiger partial charge in [0.1, 0.15) is 7.14 Å². The Hall–Kier alpha value is -1.28. The smallest absolute Gasteiger partial charge is 0.307 e. The first-order valence-electron chi connectivity index (χ1n) is 4.46. The number of nitrogens with two attached hydrogens (primary N) is 1. The van der Waals surface area contributed by atoms with E-state index in [0.29, 0.717) is 16.6 Å². The summed E-state index contributed by atoms with van der Waals surface area (Å²) >= 11 is 0. The molecule has 0 saturated heterocycles. The molecule has 0 aliphatic heterocycles. The Balaban J connectivity index is 3.17. The van der Waals surface area contributed by atoms with E-state index >= 15 is 0 Å². The lowest BCUT2D eigenvalue weighted by Crippen LogP contribution is -2.12. The number of rotatable bonds is 3. The number of carbonyl (C=O) groups is 1. The van der Waals surface area contributed by atoms with Gasteiger partial charge in [-0.15, -0.1) is 0 Å². The first-order chi connectivity index (χ1) is 6.80. The zero-order valence-corrected chi connectivity index (χ0v) is 9.62. The first-order valence-corrected chi connectivity index (χ1v) is 7.06. The molecule has 1 rings (SSSR count). The van der Waals surface area contributed by atoms with Crippen LogP contribution in [0.3, 0.4) is 0 Å². The Kier molecular flexibility index (Phi) is 3.20. The summed E-state index contributed by atoms with van der Waals surface area (Å²) in [5.74, 6) is -0.909. The molecule has 0 atom stereocenters. The van der Waals surface area contributed by atoms with Crippen molar-refractivity contribution in [2.45, 2.75) is 6.42 Å². The second kappa shape index (κ2) is 4.07. The Morgan fingerprint density at radius 3 is 2.53 bits per heavy atom. The third kappa shape index (κ3) is 3.10. The molecule has 0 spiro atoms. The molecule has 4 nitrogen and oxygen atoms in total. The molecule has 0 aliphatic rings. The van der Waals surface area contributed by atoms with Crippen LogP contribution in [0.15, 0.2) is 18.2 Å². The minimum absolute atomic E-state index is 0.0761. The average Bonchev–Trinajstić information content (AvgIpc) is 2.05. The molecule has 0 bridgehead atoms. The standard InChI is InChI=1S/C10H14NO3P/c1-15(2,14)9-5-7(6-10(12)13)3-4-8(9)11/h3-5H,6,11H2,1-2H3,(H,12,13). The molecular weight excluding hydrogens is 213 g/mol. The lowest BCUT2D eigenvalue weighted by Gasteiger charge is -2.11. The van der Waals surface area contributed by atoms with Crippen molar-refractivity contribution in [1.82, 2.24) is 0 Å². The van der Waals surface area contributed by atoms with E-state index < -0.39 is 13.1 Å². The summed E-state index contributed by atoms with van der Waals surface area (Å²) in [6.07, 6.45) is -0.0761. The largest absolute Gasteiger partial charge is 0.481 e. The van der Waals surface area contributed by atoms with E-state index in [2.05, 4.69) is 0 Å². The van der Waals surface area contributed by atoms with Gasteiger partial charge in [0.15, 0.2) is 0 Å². The number of anilines is 1. The van der Waals surface area contributed by atoms with Crippen molar-refractivity contribution in [2.75, 3.05) is 19.1 Å². The van der Waals surface area contributed by atoms with Crippen molar-refractivity contribution in [3.63, 3.8) is 0 Å². The van der Waals surface area contributed by atoms with Crippen LogP contribution in [0.25, 0.3) is 0 Å². The number of carboxylic acid groups (broad SMARTS) is 1. The summed E-state index contributed by atoms with van der Waals surface area (Å²) < 4.78 is 11.8. The van der Waals surface area contributed by atoms with Crippen molar-refractivity contribution < 1.29 is 14.5 Å². The molecule has 0 heterocycles. The topological polar surface area (TPSA) is 80.4 Å². The normalized spacial score (nSPS) is 11.3. The second-order valence-electron chi connectivity index (χ2n) is 3.81. The van der Waals surface area contributed by atoms with Crippen LogP contribution in [0, 0.1) is 0 Å². The highest BCUT2D eigenvalue weighted by molar-refractivity contribution is 7.70. The summed E-state index contributed by atoms with van der Waals surface area (Å²) in [5.41, 5.74) is 6.76. The van der Waals surface area contributed by atoms with Gasteiger partial charge in [-0.1, -0.05) is 6.07 Å². The summed E-state index contributed by atoms with van der Waals surface area (Å²) in [4.78, 5) is 10.5. The van der Waals surface area contributed by atoms with Gasteiger partial charge in [0, 0.05) is 11.0 Å². The molecule has 0 aromatic heterocycles. The van der Waals surface area contributed by atoms with Gasteiger partial charge >= 0.3 is 5.97 Å². The van der Waals surface area contributed by atoms with Gasteiger partial charge in [0.05, 0.1) is 6.42 Å². The van der Waals surface area contributed by atoms with Gasteiger partial charge in [-0.05, 0) is 31.0 Å². The number of benzene rings is 1. The molecule has 0 fully saturated rings. The molecule has 0 aliphatic carbocycles. The molecule has 0 saturated carbocycles. The van der Waals surface area contributed by atoms with Crippen LogP contribution in [-0.4, -0.2) is 24.4 Å². The monoisotopic (exact) mass is 227 g/mol. The molecule has 0 radical (unpaired) electrons. The van der Waals surface area contributed by atoms with Gasteiger partial charge in [-0.3, -0.25) is 4.79 Å². The van der Waals surface area contributed by atoms with Crippen molar-refractivity contribution in [1.29, 1.82) is 0 Å². The van der Waals surface area contributed by atoms with E-state index in [1.165, 1.54) is 0 Å². The van der Waals surface area contributed by atoms with Crippen molar-refractivity contribution in [3.8, 4) is 0 Å². The van der Waals surface area contributed by atoms with Crippen LogP contribution in [0.4, 0.5) is 5.69 Å². The fourth-order valence-electron chi connectivity index (χ4n) is 1.34. The van der Waals surface area contributed by atoms with Crippen molar-refractivity contribution >= 4 is 24.1 Å². The number of aliphatic carboxylic acids is 1. The molecule has 82 valence electrons. The maximum absolute atomic E-state index is 11.8. The third-order valence-corrected chi connectivity index (χ3v) is 3.58. The lowest BCUT2D eigenvalue weighted by atomic mass is 10.1. The van der Waals surface area contributed by atoms with Gasteiger partial charge in [0.25, 0.3) is 0 Å². The maximum atomic E-state index is 11.8. The van der Waals surface area contributed by atoms with Gasteiger partial charge in [-0.25, -0.2) is 0 Å². The minimum atomic E-state index is -2.44. The average molecular weight is 227 g/mol. The highest BCUT2D eigenvalue weighted by Crippen LogP contribution is 2.37. The lowest BCUT2D eigenvalue weighted by molar-refractivity contribution is -0.136. The van der Waals surface area contributed by atoms with Crippen LogP contribution in [-0.2, 0) is 15.8 Å². The SMILES string of the molecule is CP(C)(=O)c1cc(CC(=O)O)ccc1N. The number of carboxylic acids is 1. The quantitative estimate of drug-likeness (QED) is 0.599. The summed E-state index contributed by atoms with van der Waals surface area (Å²) in [7, 11) is -2.44. The van der Waals surface area contributed by atoms with Gasteiger partial charge in [0.2, 0.25) is 0 Å². The third-order valence-electron chi connectivity index (χ3n) is 2.03. The summed E-state index contributed by atoms with van der Waals surface area (Å²) in [5, 5.41) is 9.19. The Morgan fingerprint density at radius 1 is 1.47 bits per heavy atom.